The van der Waals surface area contributed by atoms with E-state index >= 15 is 0 Å². The lowest BCUT2D eigenvalue weighted by atomic mass is 9.84. The van der Waals surface area contributed by atoms with Crippen LogP contribution in [0, 0.1) is 0 Å². The second kappa shape index (κ2) is 14.3. The van der Waals surface area contributed by atoms with Crippen molar-refractivity contribution in [2.45, 2.75) is 52.4 Å². The number of hydrogen-bond donors (Lipinski definition) is 1. The van der Waals surface area contributed by atoms with Crippen molar-refractivity contribution in [1.29, 1.82) is 0 Å². The molecule has 0 amide bonds. The molecule has 3 aromatic heterocycles. The summed E-state index contributed by atoms with van der Waals surface area (Å²) in [6, 6.07) is 50.9. The van der Waals surface area contributed by atoms with Crippen LogP contribution in [-0.2, 0) is 10.8 Å². The minimum Gasteiger partial charge on any atom is -0.507 e. The highest BCUT2D eigenvalue weighted by Crippen LogP contribution is 2.43. The van der Waals surface area contributed by atoms with Crippen molar-refractivity contribution < 1.29 is 5.11 Å². The molecule has 0 saturated carbocycles. The first kappa shape index (κ1) is 36.8. The van der Waals surface area contributed by atoms with Crippen LogP contribution in [0.3, 0.4) is 0 Å². The van der Waals surface area contributed by atoms with Gasteiger partial charge in [0.05, 0.1) is 22.2 Å². The Bertz CT molecular complexity index is 2970. The molecular formula is C53H46N4O. The van der Waals surface area contributed by atoms with Gasteiger partial charge < -0.3 is 5.11 Å². The van der Waals surface area contributed by atoms with E-state index in [9.17, 15) is 5.11 Å². The van der Waals surface area contributed by atoms with E-state index in [2.05, 4.69) is 160 Å². The Morgan fingerprint density at radius 3 is 1.97 bits per heavy atom. The number of phenolic OH excluding ortho intramolecular Hbond substituents is 1. The number of phenols is 1. The zero-order valence-electron chi connectivity index (χ0n) is 33.8. The van der Waals surface area contributed by atoms with E-state index < -0.39 is 0 Å². The van der Waals surface area contributed by atoms with Crippen LogP contribution in [0.15, 0.2) is 164 Å². The first-order valence-electron chi connectivity index (χ1n) is 19.9. The minimum atomic E-state index is -0.0564. The van der Waals surface area contributed by atoms with Crippen LogP contribution in [0.1, 0.15) is 52.7 Å². The lowest BCUT2D eigenvalue weighted by Crippen LogP contribution is -2.12. The number of benzene rings is 6. The van der Waals surface area contributed by atoms with Crippen molar-refractivity contribution in [3.63, 3.8) is 0 Å². The Morgan fingerprint density at radius 2 is 1.19 bits per heavy atom. The molecule has 1 N–H and O–H groups in total. The highest BCUT2D eigenvalue weighted by Gasteiger charge is 2.24. The fourth-order valence-electron chi connectivity index (χ4n) is 7.95. The maximum Gasteiger partial charge on any atom is 0.145 e. The summed E-state index contributed by atoms with van der Waals surface area (Å²) in [6.07, 6.45) is 5.45. The fourth-order valence-corrected chi connectivity index (χ4v) is 7.95. The van der Waals surface area contributed by atoms with Gasteiger partial charge in [-0.2, -0.15) is 0 Å². The Kier molecular flexibility index (Phi) is 9.04. The summed E-state index contributed by atoms with van der Waals surface area (Å²) >= 11 is 0. The molecule has 58 heavy (non-hydrogen) atoms. The van der Waals surface area contributed by atoms with Gasteiger partial charge in [0.2, 0.25) is 0 Å². The quantitative estimate of drug-likeness (QED) is 0.184. The van der Waals surface area contributed by atoms with Gasteiger partial charge in [-0.05, 0) is 111 Å². The molecule has 284 valence electrons. The van der Waals surface area contributed by atoms with E-state index in [4.69, 9.17) is 9.97 Å². The summed E-state index contributed by atoms with van der Waals surface area (Å²) < 4.78 is 2.30. The van der Waals surface area contributed by atoms with Crippen LogP contribution >= 0.6 is 0 Å². The number of hydrogen-bond acceptors (Lipinski definition) is 4. The van der Waals surface area contributed by atoms with Gasteiger partial charge in [-0.1, -0.05) is 120 Å². The summed E-state index contributed by atoms with van der Waals surface area (Å²) in [4.78, 5) is 14.7. The topological polar surface area (TPSA) is 63.8 Å². The van der Waals surface area contributed by atoms with Crippen LogP contribution in [0.4, 0.5) is 0 Å². The maximum atomic E-state index is 11.5. The molecule has 0 radical (unpaired) electrons. The molecule has 0 atom stereocenters. The molecule has 0 aliphatic heterocycles. The first-order valence-corrected chi connectivity index (χ1v) is 19.9. The van der Waals surface area contributed by atoms with E-state index in [0.717, 1.165) is 78.0 Å². The normalized spacial score (nSPS) is 12.0. The maximum absolute atomic E-state index is 11.5. The average molecular weight is 755 g/mol. The van der Waals surface area contributed by atoms with Crippen LogP contribution in [0.5, 0.6) is 5.75 Å². The Hall–Kier alpha value is -6.85. The van der Waals surface area contributed by atoms with E-state index in [1.165, 1.54) is 11.1 Å². The number of imidazole rings is 1. The van der Waals surface area contributed by atoms with Gasteiger partial charge in [0.1, 0.15) is 11.6 Å². The number of pyridine rings is 2. The van der Waals surface area contributed by atoms with E-state index in [0.29, 0.717) is 5.56 Å². The predicted molar refractivity (Wildman–Crippen MR) is 240 cm³/mol. The Balaban J connectivity index is 1.34. The van der Waals surface area contributed by atoms with Gasteiger partial charge in [0.15, 0.2) is 0 Å². The number of nitrogens with zero attached hydrogens (tertiary/aromatic N) is 4. The molecule has 3 heterocycles. The van der Waals surface area contributed by atoms with Crippen molar-refractivity contribution >= 4 is 21.9 Å². The molecule has 0 unspecified atom stereocenters. The number of rotatable bonds is 6. The summed E-state index contributed by atoms with van der Waals surface area (Å²) in [6.45, 7) is 13.5. The van der Waals surface area contributed by atoms with Crippen LogP contribution in [0.2, 0.25) is 0 Å². The smallest absolute Gasteiger partial charge is 0.145 e. The second-order valence-electron chi connectivity index (χ2n) is 17.2. The van der Waals surface area contributed by atoms with Crippen LogP contribution in [-0.4, -0.2) is 24.6 Å². The standard InChI is InChI=1S/C53H46N4O/c1-52(2,3)40-21-22-46(43(32-40)35-13-8-7-9-14-35)57-47-19-11-18-42(45-31-36(20-23-48(45)58)34-24-27-54-28-25-34)50(47)56-51(57)39-16-10-15-37(29-39)44-33-41(53(4,5)6)30-38-17-12-26-55-49(38)44/h7-33,58H,1-6H3. The fraction of sp³-hybridized carbons (Fsp3) is 0.151. The third-order valence-electron chi connectivity index (χ3n) is 11.2. The average Bonchev–Trinajstić information content (AvgIpc) is 3.63. The molecule has 0 saturated heterocycles. The third-order valence-corrected chi connectivity index (χ3v) is 11.2. The molecule has 0 aliphatic carbocycles. The molecule has 0 bridgehead atoms. The van der Waals surface area contributed by atoms with Crippen molar-refractivity contribution in [2.75, 3.05) is 0 Å². The molecule has 5 heteroatoms. The van der Waals surface area contributed by atoms with Gasteiger partial charge in [0.25, 0.3) is 0 Å². The highest BCUT2D eigenvalue weighted by molar-refractivity contribution is 5.99. The zero-order chi connectivity index (χ0) is 40.2. The molecule has 0 aliphatic rings. The van der Waals surface area contributed by atoms with Crippen molar-refractivity contribution in [1.82, 2.24) is 19.5 Å². The molecule has 5 nitrogen and oxygen atoms in total. The van der Waals surface area contributed by atoms with E-state index in [1.54, 1.807) is 18.5 Å². The Morgan fingerprint density at radius 1 is 0.466 bits per heavy atom. The lowest BCUT2D eigenvalue weighted by Gasteiger charge is -2.23. The van der Waals surface area contributed by atoms with Crippen molar-refractivity contribution in [3.05, 3.63) is 175 Å². The molecule has 0 fully saturated rings. The summed E-state index contributed by atoms with van der Waals surface area (Å²) in [5.74, 6) is 1.00. The van der Waals surface area contributed by atoms with E-state index in [1.807, 2.05) is 36.5 Å². The van der Waals surface area contributed by atoms with Gasteiger partial charge in [-0.25, -0.2) is 4.98 Å². The van der Waals surface area contributed by atoms with Crippen molar-refractivity contribution in [2.24, 2.45) is 0 Å². The molecule has 6 aromatic carbocycles. The SMILES string of the molecule is CC(C)(C)c1ccc(-n2c(-c3cccc(-c4cc(C(C)(C)C)cc5cccnc45)c3)nc3c(-c4cc(-c5ccncc5)ccc4O)cccc32)c(-c2ccccc2)c1. The summed E-state index contributed by atoms with van der Waals surface area (Å²) in [5.41, 5.74) is 15.1. The monoisotopic (exact) mass is 754 g/mol. The van der Waals surface area contributed by atoms with Gasteiger partial charge >= 0.3 is 0 Å². The number of aromatic nitrogens is 4. The van der Waals surface area contributed by atoms with E-state index in [-0.39, 0.29) is 16.6 Å². The van der Waals surface area contributed by atoms with Crippen LogP contribution < -0.4 is 0 Å². The number of fused-ring (bicyclic) bond motifs is 2. The molecule has 0 spiro atoms. The molecule has 9 rings (SSSR count). The van der Waals surface area contributed by atoms with Gasteiger partial charge in [-0.3, -0.25) is 14.5 Å². The minimum absolute atomic E-state index is 0.0475. The van der Waals surface area contributed by atoms with Crippen LogP contribution in [0.25, 0.3) is 83.5 Å². The van der Waals surface area contributed by atoms with Crippen molar-refractivity contribution in [3.8, 4) is 67.3 Å². The zero-order valence-corrected chi connectivity index (χ0v) is 33.8. The molecular weight excluding hydrogens is 709 g/mol. The number of para-hydroxylation sites is 1. The summed E-state index contributed by atoms with van der Waals surface area (Å²) in [5, 5.41) is 12.6. The van der Waals surface area contributed by atoms with Gasteiger partial charge in [-0.15, -0.1) is 0 Å². The second-order valence-corrected chi connectivity index (χ2v) is 17.2. The third kappa shape index (κ3) is 6.73. The number of aromatic hydroxyl groups is 1. The first-order chi connectivity index (χ1) is 27.9. The molecule has 9 aromatic rings. The Labute approximate surface area is 340 Å². The van der Waals surface area contributed by atoms with Gasteiger partial charge in [0, 0.05) is 51.8 Å². The largest absolute Gasteiger partial charge is 0.507 e. The highest BCUT2D eigenvalue weighted by atomic mass is 16.3. The lowest BCUT2D eigenvalue weighted by molar-refractivity contribution is 0.477. The summed E-state index contributed by atoms with van der Waals surface area (Å²) in [7, 11) is 0. The predicted octanol–water partition coefficient (Wildman–Crippen LogP) is 13.6.